The van der Waals surface area contributed by atoms with Gasteiger partial charge in [0.1, 0.15) is 0 Å². The van der Waals surface area contributed by atoms with Crippen LogP contribution in [0.5, 0.6) is 0 Å². The summed E-state index contributed by atoms with van der Waals surface area (Å²) in [5.74, 6) is 1.87. The molecule has 2 aromatic rings. The molecular formula is C14H13FO2S2. The van der Waals surface area contributed by atoms with Crippen molar-refractivity contribution in [3.63, 3.8) is 0 Å². The lowest BCUT2D eigenvalue weighted by molar-refractivity contribution is 0.0965. The Balaban J connectivity index is 1.95. The first kappa shape index (κ1) is 13.1. The van der Waals surface area contributed by atoms with Gasteiger partial charge in [0.15, 0.2) is 17.2 Å². The van der Waals surface area contributed by atoms with Crippen molar-refractivity contribution < 1.29 is 13.6 Å². The van der Waals surface area contributed by atoms with Crippen LogP contribution in [0.25, 0.3) is 11.0 Å². The van der Waals surface area contributed by atoms with Crippen molar-refractivity contribution in [1.29, 1.82) is 0 Å². The molecule has 3 rings (SSSR count). The maximum Gasteiger partial charge on any atom is 0.212 e. The molecule has 0 saturated carbocycles. The van der Waals surface area contributed by atoms with E-state index in [-0.39, 0.29) is 27.6 Å². The predicted octanol–water partition coefficient (Wildman–Crippen LogP) is 3.99. The Morgan fingerprint density at radius 1 is 1.37 bits per heavy atom. The van der Waals surface area contributed by atoms with E-state index in [9.17, 15) is 9.18 Å². The Morgan fingerprint density at radius 3 is 2.89 bits per heavy atom. The fourth-order valence-corrected chi connectivity index (χ4v) is 4.91. The summed E-state index contributed by atoms with van der Waals surface area (Å²) >= 11 is 3.47. The van der Waals surface area contributed by atoms with Crippen LogP contribution in [0.1, 0.15) is 17.5 Å². The molecule has 1 aromatic heterocycles. The minimum atomic E-state index is -0.421. The largest absolute Gasteiger partial charge is 0.450 e. The fourth-order valence-electron chi connectivity index (χ4n) is 2.21. The molecular weight excluding hydrogens is 283 g/mol. The van der Waals surface area contributed by atoms with E-state index in [4.69, 9.17) is 4.42 Å². The van der Waals surface area contributed by atoms with Gasteiger partial charge in [-0.25, -0.2) is 4.39 Å². The smallest absolute Gasteiger partial charge is 0.212 e. The van der Waals surface area contributed by atoms with Crippen LogP contribution in [0.3, 0.4) is 0 Å². The van der Waals surface area contributed by atoms with Gasteiger partial charge < -0.3 is 4.42 Å². The molecule has 0 radical (unpaired) electrons. The summed E-state index contributed by atoms with van der Waals surface area (Å²) < 4.78 is 19.0. The second-order valence-electron chi connectivity index (χ2n) is 4.50. The summed E-state index contributed by atoms with van der Waals surface area (Å²) in [7, 11) is 0. The average Bonchev–Trinajstić information content (AvgIpc) is 2.84. The van der Waals surface area contributed by atoms with Gasteiger partial charge in [0, 0.05) is 22.1 Å². The third-order valence-electron chi connectivity index (χ3n) is 3.19. The van der Waals surface area contributed by atoms with E-state index in [2.05, 4.69) is 6.92 Å². The molecule has 0 N–H and O–H groups in total. The fraction of sp³-hybridized carbons (Fsp3) is 0.357. The molecule has 2 atom stereocenters. The highest BCUT2D eigenvalue weighted by Crippen LogP contribution is 2.34. The van der Waals surface area contributed by atoms with Crippen LogP contribution < -0.4 is 0 Å². The normalized spacial score (nSPS) is 23.7. The van der Waals surface area contributed by atoms with Crippen LogP contribution in [0.4, 0.5) is 4.39 Å². The van der Waals surface area contributed by atoms with Crippen molar-refractivity contribution in [2.75, 3.05) is 11.5 Å². The van der Waals surface area contributed by atoms with Crippen LogP contribution in [0, 0.1) is 5.82 Å². The number of carbonyl (C=O) groups is 1. The van der Waals surface area contributed by atoms with E-state index in [1.54, 1.807) is 41.7 Å². The van der Waals surface area contributed by atoms with E-state index in [0.29, 0.717) is 5.39 Å². The first-order valence-electron chi connectivity index (χ1n) is 6.12. The summed E-state index contributed by atoms with van der Waals surface area (Å²) in [6.45, 7) is 2.06. The minimum absolute atomic E-state index is 0.0275. The summed E-state index contributed by atoms with van der Waals surface area (Å²) in [5, 5.41) is 0.816. The van der Waals surface area contributed by atoms with E-state index >= 15 is 0 Å². The lowest BCUT2D eigenvalue weighted by Gasteiger charge is -2.25. The first-order valence-corrected chi connectivity index (χ1v) is 8.22. The quantitative estimate of drug-likeness (QED) is 0.784. The first-order chi connectivity index (χ1) is 9.16. The molecule has 0 amide bonds. The topological polar surface area (TPSA) is 30.2 Å². The average molecular weight is 296 g/mol. The number of fused-ring (bicyclic) bond motifs is 1. The number of rotatable bonds is 2. The Kier molecular flexibility index (Phi) is 3.58. The van der Waals surface area contributed by atoms with E-state index < -0.39 is 5.82 Å². The van der Waals surface area contributed by atoms with Crippen LogP contribution in [0.2, 0.25) is 0 Å². The molecule has 2 unspecified atom stereocenters. The highest BCUT2D eigenvalue weighted by Gasteiger charge is 2.31. The SMILES string of the molecule is CC1SCCSC1C(=O)c1cc2cccc(F)c2o1. The zero-order valence-corrected chi connectivity index (χ0v) is 12.0. The van der Waals surface area contributed by atoms with Gasteiger partial charge in [-0.2, -0.15) is 11.8 Å². The zero-order chi connectivity index (χ0) is 13.4. The number of hydrogen-bond donors (Lipinski definition) is 0. The molecule has 1 saturated heterocycles. The molecule has 0 spiro atoms. The lowest BCUT2D eigenvalue weighted by atomic mass is 10.1. The minimum Gasteiger partial charge on any atom is -0.450 e. The Morgan fingerprint density at radius 2 is 2.16 bits per heavy atom. The number of thioether (sulfide) groups is 2. The number of halogens is 1. The second-order valence-corrected chi connectivity index (χ2v) is 7.23. The van der Waals surface area contributed by atoms with Crippen LogP contribution in [-0.2, 0) is 0 Å². The third kappa shape index (κ3) is 2.41. The molecule has 19 heavy (non-hydrogen) atoms. The van der Waals surface area contributed by atoms with Crippen molar-refractivity contribution in [2.45, 2.75) is 17.4 Å². The van der Waals surface area contributed by atoms with E-state index in [0.717, 1.165) is 11.5 Å². The standard InChI is InChI=1S/C14H13FO2S2/c1-8-14(19-6-5-18-8)12(16)11-7-9-3-2-4-10(15)13(9)17-11/h2-4,7-8,14H,5-6H2,1H3. The van der Waals surface area contributed by atoms with E-state index in [1.165, 1.54) is 6.07 Å². The van der Waals surface area contributed by atoms with E-state index in [1.807, 2.05) is 0 Å². The predicted molar refractivity (Wildman–Crippen MR) is 78.7 cm³/mol. The number of ketones is 1. The molecule has 0 aliphatic carbocycles. The van der Waals surface area contributed by atoms with Crippen LogP contribution in [-0.4, -0.2) is 27.8 Å². The van der Waals surface area contributed by atoms with Crippen LogP contribution >= 0.6 is 23.5 Å². The van der Waals surface area contributed by atoms with Gasteiger partial charge in [0.2, 0.25) is 5.78 Å². The number of carbonyl (C=O) groups excluding carboxylic acids is 1. The van der Waals surface area contributed by atoms with Gasteiger partial charge in [-0.15, -0.1) is 11.8 Å². The van der Waals surface area contributed by atoms with Gasteiger partial charge in [-0.3, -0.25) is 4.79 Å². The van der Waals surface area contributed by atoms with Crippen LogP contribution in [0.15, 0.2) is 28.7 Å². The number of furan rings is 1. The molecule has 1 aliphatic rings. The molecule has 1 aliphatic heterocycles. The molecule has 1 fully saturated rings. The van der Waals surface area contributed by atoms with Crippen molar-refractivity contribution >= 4 is 40.3 Å². The summed E-state index contributed by atoms with van der Waals surface area (Å²) in [6.07, 6.45) is 0. The number of para-hydroxylation sites is 1. The summed E-state index contributed by atoms with van der Waals surface area (Å²) in [6, 6.07) is 6.36. The van der Waals surface area contributed by atoms with Gasteiger partial charge >= 0.3 is 0 Å². The Hall–Kier alpha value is -0.940. The van der Waals surface area contributed by atoms with Crippen molar-refractivity contribution in [2.24, 2.45) is 0 Å². The number of hydrogen-bond acceptors (Lipinski definition) is 4. The van der Waals surface area contributed by atoms with Gasteiger partial charge in [-0.05, 0) is 12.1 Å². The van der Waals surface area contributed by atoms with Gasteiger partial charge in [-0.1, -0.05) is 19.1 Å². The molecule has 0 bridgehead atoms. The maximum atomic E-state index is 13.6. The van der Waals surface area contributed by atoms with Gasteiger partial charge in [0.25, 0.3) is 0 Å². The number of benzene rings is 1. The highest BCUT2D eigenvalue weighted by molar-refractivity contribution is 8.07. The Bertz CT molecular complexity index is 623. The number of Topliss-reactive ketones (excluding diaryl/α,β-unsaturated/α-hetero) is 1. The summed E-state index contributed by atoms with van der Waals surface area (Å²) in [4.78, 5) is 12.4. The van der Waals surface area contributed by atoms with Crippen molar-refractivity contribution in [3.8, 4) is 0 Å². The van der Waals surface area contributed by atoms with Crippen molar-refractivity contribution in [3.05, 3.63) is 35.8 Å². The molecule has 5 heteroatoms. The summed E-state index contributed by atoms with van der Waals surface area (Å²) in [5.41, 5.74) is 0.173. The maximum absolute atomic E-state index is 13.6. The molecule has 2 nitrogen and oxygen atoms in total. The highest BCUT2D eigenvalue weighted by atomic mass is 32.2. The van der Waals surface area contributed by atoms with Crippen molar-refractivity contribution in [1.82, 2.24) is 0 Å². The van der Waals surface area contributed by atoms with Gasteiger partial charge in [0.05, 0.1) is 5.25 Å². The Labute approximate surface area is 119 Å². The lowest BCUT2D eigenvalue weighted by Crippen LogP contribution is -2.30. The monoisotopic (exact) mass is 296 g/mol. The molecule has 2 heterocycles. The second kappa shape index (κ2) is 5.21. The third-order valence-corrected chi connectivity index (χ3v) is 6.27. The molecule has 100 valence electrons. The molecule has 1 aromatic carbocycles. The zero-order valence-electron chi connectivity index (χ0n) is 10.4.